The van der Waals surface area contributed by atoms with E-state index in [0.29, 0.717) is 0 Å². The van der Waals surface area contributed by atoms with Gasteiger partial charge in [0.05, 0.1) is 5.70 Å². The highest BCUT2D eigenvalue weighted by Crippen LogP contribution is 2.35. The fraction of sp³-hybridized carbons (Fsp3) is 0.423. The molecule has 1 fully saturated rings. The zero-order valence-corrected chi connectivity index (χ0v) is 19.1. The Bertz CT molecular complexity index is 1010. The van der Waals surface area contributed by atoms with Crippen LogP contribution in [0.1, 0.15) is 29.0 Å². The largest absolute Gasteiger partial charge is 0.365 e. The summed E-state index contributed by atoms with van der Waals surface area (Å²) < 4.78 is 0. The number of hydrogen-bond donors (Lipinski definition) is 0. The van der Waals surface area contributed by atoms with E-state index < -0.39 is 0 Å². The number of aryl methyl sites for hydroxylation is 1. The van der Waals surface area contributed by atoms with Gasteiger partial charge in [0, 0.05) is 42.8 Å². The summed E-state index contributed by atoms with van der Waals surface area (Å²) in [5.41, 5.74) is 5.98. The van der Waals surface area contributed by atoms with Gasteiger partial charge in [-0.2, -0.15) is 0 Å². The van der Waals surface area contributed by atoms with Crippen molar-refractivity contribution in [2.75, 3.05) is 45.2 Å². The maximum Gasteiger partial charge on any atom is 0.274 e. The van der Waals surface area contributed by atoms with E-state index in [1.54, 1.807) is 0 Å². The molecule has 2 heterocycles. The lowest BCUT2D eigenvalue weighted by Crippen LogP contribution is -2.47. The van der Waals surface area contributed by atoms with Gasteiger partial charge in [0.2, 0.25) is 0 Å². The molecule has 3 aliphatic rings. The molecule has 31 heavy (non-hydrogen) atoms. The van der Waals surface area contributed by atoms with Gasteiger partial charge < -0.3 is 14.7 Å². The lowest BCUT2D eigenvalue weighted by atomic mass is 9.83. The van der Waals surface area contributed by atoms with E-state index in [-0.39, 0.29) is 11.8 Å². The van der Waals surface area contributed by atoms with Gasteiger partial charge in [-0.25, -0.2) is 0 Å². The summed E-state index contributed by atoms with van der Waals surface area (Å²) in [6, 6.07) is 14.7. The smallest absolute Gasteiger partial charge is 0.274 e. The number of carbonyl (C=O) groups is 1. The summed E-state index contributed by atoms with van der Waals surface area (Å²) in [5, 5.41) is 0.745. The monoisotopic (exact) mass is 435 g/mol. The molecule has 2 aromatic rings. The zero-order chi connectivity index (χ0) is 21.5. The van der Waals surface area contributed by atoms with Crippen LogP contribution in [0.4, 0.5) is 5.69 Å². The van der Waals surface area contributed by atoms with E-state index in [1.165, 1.54) is 23.1 Å². The van der Waals surface area contributed by atoms with Crippen molar-refractivity contribution in [2.45, 2.75) is 25.2 Å². The molecule has 162 valence electrons. The Hall–Kier alpha value is -2.30. The maximum absolute atomic E-state index is 13.4. The number of hydrogen-bond acceptors (Lipinski definition) is 3. The second kappa shape index (κ2) is 8.33. The lowest BCUT2D eigenvalue weighted by molar-refractivity contribution is -0.117. The Balaban J connectivity index is 1.34. The van der Waals surface area contributed by atoms with Crippen LogP contribution in [0.5, 0.6) is 0 Å². The molecule has 4 nitrogen and oxygen atoms in total. The van der Waals surface area contributed by atoms with Gasteiger partial charge in [0.25, 0.3) is 5.91 Å². The molecule has 5 heteroatoms. The molecular weight excluding hydrogens is 406 g/mol. The van der Waals surface area contributed by atoms with Gasteiger partial charge in [-0.1, -0.05) is 29.8 Å². The Kier molecular flexibility index (Phi) is 5.53. The minimum Gasteiger partial charge on any atom is -0.365 e. The van der Waals surface area contributed by atoms with Crippen molar-refractivity contribution in [3.8, 4) is 0 Å². The maximum atomic E-state index is 13.4. The average Bonchev–Trinajstić information content (AvgIpc) is 3.19. The topological polar surface area (TPSA) is 26.8 Å². The van der Waals surface area contributed by atoms with Crippen LogP contribution in [-0.4, -0.2) is 56.0 Å². The quantitative estimate of drug-likeness (QED) is 0.714. The van der Waals surface area contributed by atoms with Crippen molar-refractivity contribution in [2.24, 2.45) is 5.92 Å². The van der Waals surface area contributed by atoms with E-state index in [4.69, 9.17) is 11.6 Å². The highest BCUT2D eigenvalue weighted by atomic mass is 35.5. The summed E-state index contributed by atoms with van der Waals surface area (Å²) in [6.45, 7) is 3.63. The molecule has 1 saturated heterocycles. The van der Waals surface area contributed by atoms with Crippen molar-refractivity contribution >= 4 is 23.2 Å². The predicted octanol–water partition coefficient (Wildman–Crippen LogP) is 4.34. The Morgan fingerprint density at radius 3 is 2.65 bits per heavy atom. The van der Waals surface area contributed by atoms with E-state index in [2.05, 4.69) is 60.3 Å². The van der Waals surface area contributed by atoms with Crippen molar-refractivity contribution in [1.29, 1.82) is 0 Å². The normalized spacial score (nSPS) is 23.1. The molecule has 2 aromatic carbocycles. The van der Waals surface area contributed by atoms with Gasteiger partial charge in [0.15, 0.2) is 0 Å². The number of fused-ring (bicyclic) bond motifs is 2. The number of amides is 1. The number of piperazine rings is 1. The lowest BCUT2D eigenvalue weighted by Gasteiger charge is -2.36. The van der Waals surface area contributed by atoms with Gasteiger partial charge in [-0.05, 0) is 86.3 Å². The first-order valence-corrected chi connectivity index (χ1v) is 11.7. The minimum absolute atomic E-state index is 0.129. The summed E-state index contributed by atoms with van der Waals surface area (Å²) >= 11 is 6.04. The van der Waals surface area contributed by atoms with Crippen LogP contribution in [0.25, 0.3) is 0 Å². The molecule has 0 bridgehead atoms. The number of carbonyl (C=O) groups excluding carboxylic acids is 1. The Morgan fingerprint density at radius 1 is 1.06 bits per heavy atom. The fourth-order valence-corrected chi connectivity index (χ4v) is 5.50. The van der Waals surface area contributed by atoms with Crippen molar-refractivity contribution < 1.29 is 4.79 Å². The highest BCUT2D eigenvalue weighted by Gasteiger charge is 2.36. The number of rotatable bonds is 4. The summed E-state index contributed by atoms with van der Waals surface area (Å²) in [6.07, 6.45) is 5.62. The third kappa shape index (κ3) is 4.11. The Morgan fingerprint density at radius 2 is 1.87 bits per heavy atom. The predicted molar refractivity (Wildman–Crippen MR) is 127 cm³/mol. The van der Waals surface area contributed by atoms with Gasteiger partial charge in [0.1, 0.15) is 0 Å². The minimum atomic E-state index is 0.129. The van der Waals surface area contributed by atoms with Crippen LogP contribution in [0.2, 0.25) is 5.02 Å². The average molecular weight is 436 g/mol. The molecule has 2 aliphatic heterocycles. The molecule has 0 saturated carbocycles. The molecule has 0 spiro atoms. The van der Waals surface area contributed by atoms with Crippen LogP contribution < -0.4 is 4.90 Å². The second-order valence-corrected chi connectivity index (χ2v) is 9.87. The SMILES string of the molecule is CN(C)CC1CCc2cc(N3CCN4CC(c5ccc(Cl)cc5)C=C4C3=O)ccc2C1. The number of halogens is 1. The molecular formula is C26H30ClN3O. The van der Waals surface area contributed by atoms with Gasteiger partial charge in [-0.3, -0.25) is 4.79 Å². The molecule has 5 rings (SSSR count). The van der Waals surface area contributed by atoms with Crippen LogP contribution in [0.3, 0.4) is 0 Å². The molecule has 0 radical (unpaired) electrons. The molecule has 1 aliphatic carbocycles. The molecule has 0 aromatic heterocycles. The number of benzene rings is 2. The van der Waals surface area contributed by atoms with E-state index in [9.17, 15) is 4.79 Å². The Labute approximate surface area is 190 Å². The second-order valence-electron chi connectivity index (χ2n) is 9.44. The summed E-state index contributed by atoms with van der Waals surface area (Å²) in [5.74, 6) is 1.10. The van der Waals surface area contributed by atoms with Crippen molar-refractivity contribution in [1.82, 2.24) is 9.80 Å². The highest BCUT2D eigenvalue weighted by molar-refractivity contribution is 6.30. The number of anilines is 1. The molecule has 0 N–H and O–H groups in total. The first-order chi connectivity index (χ1) is 15.0. The van der Waals surface area contributed by atoms with E-state index in [1.807, 2.05) is 17.0 Å². The van der Waals surface area contributed by atoms with Crippen molar-refractivity contribution in [3.05, 3.63) is 76.0 Å². The van der Waals surface area contributed by atoms with E-state index >= 15 is 0 Å². The van der Waals surface area contributed by atoms with Gasteiger partial charge in [-0.15, -0.1) is 0 Å². The first kappa shape index (κ1) is 20.6. The van der Waals surface area contributed by atoms with Crippen LogP contribution in [-0.2, 0) is 17.6 Å². The van der Waals surface area contributed by atoms with Gasteiger partial charge >= 0.3 is 0 Å². The number of nitrogens with zero attached hydrogens (tertiary/aromatic N) is 3. The first-order valence-electron chi connectivity index (χ1n) is 11.3. The standard InChI is InChI=1S/C26H30ClN3O/c1-28(2)16-18-3-4-21-14-24(10-7-20(21)13-18)30-12-11-29-17-22(15-25(29)26(30)31)19-5-8-23(27)9-6-19/h5-10,14-15,18,22H,3-4,11-13,16-17H2,1-2H3. The third-order valence-corrected chi connectivity index (χ3v) is 7.18. The van der Waals surface area contributed by atoms with Crippen LogP contribution in [0.15, 0.2) is 54.2 Å². The molecule has 2 atom stereocenters. The fourth-order valence-electron chi connectivity index (χ4n) is 5.38. The summed E-state index contributed by atoms with van der Waals surface area (Å²) in [7, 11) is 4.30. The van der Waals surface area contributed by atoms with Crippen LogP contribution >= 0.6 is 11.6 Å². The van der Waals surface area contributed by atoms with Crippen molar-refractivity contribution in [3.63, 3.8) is 0 Å². The summed E-state index contributed by atoms with van der Waals surface area (Å²) in [4.78, 5) is 19.9. The van der Waals surface area contributed by atoms with Crippen LogP contribution in [0, 0.1) is 5.92 Å². The third-order valence-electron chi connectivity index (χ3n) is 6.93. The zero-order valence-electron chi connectivity index (χ0n) is 18.4. The van der Waals surface area contributed by atoms with E-state index in [0.717, 1.165) is 61.3 Å². The molecule has 1 amide bonds. The molecule has 2 unspecified atom stereocenters.